The first-order valence-corrected chi connectivity index (χ1v) is 9.69. The maximum absolute atomic E-state index is 12.5. The molecule has 0 atom stereocenters. The number of nitrogens with one attached hydrogen (secondary N) is 1. The lowest BCUT2D eigenvalue weighted by Gasteiger charge is -2.37. The fraction of sp³-hybridized carbons (Fsp3) is 0.524. The molecule has 6 heteroatoms. The minimum Gasteiger partial charge on any atom is -0.496 e. The van der Waals surface area contributed by atoms with E-state index < -0.39 is 0 Å². The van der Waals surface area contributed by atoms with Gasteiger partial charge < -0.3 is 14.5 Å². The van der Waals surface area contributed by atoms with Crippen molar-refractivity contribution in [2.75, 3.05) is 20.2 Å². The van der Waals surface area contributed by atoms with Gasteiger partial charge in [-0.25, -0.2) is 0 Å². The average molecular weight is 370 g/mol. The SMILES string of the molecule is COc1cccc2coc(CNCCN3C(=O)CC4(CCCC4)CC3=O)c12. The Hall–Kier alpha value is -2.34. The first-order valence-electron chi connectivity index (χ1n) is 9.69. The van der Waals surface area contributed by atoms with E-state index in [2.05, 4.69) is 5.32 Å². The largest absolute Gasteiger partial charge is 0.496 e. The van der Waals surface area contributed by atoms with Crippen molar-refractivity contribution >= 4 is 22.6 Å². The summed E-state index contributed by atoms with van der Waals surface area (Å²) in [6.45, 7) is 1.47. The van der Waals surface area contributed by atoms with Crippen molar-refractivity contribution < 1.29 is 18.7 Å². The number of fused-ring (bicyclic) bond motifs is 1. The molecule has 2 aromatic rings. The molecule has 0 radical (unpaired) electrons. The minimum atomic E-state index is -0.0399. The topological polar surface area (TPSA) is 71.8 Å². The summed E-state index contributed by atoms with van der Waals surface area (Å²) in [5.74, 6) is 1.55. The van der Waals surface area contributed by atoms with Crippen molar-refractivity contribution in [3.05, 3.63) is 30.2 Å². The summed E-state index contributed by atoms with van der Waals surface area (Å²) < 4.78 is 11.1. The summed E-state index contributed by atoms with van der Waals surface area (Å²) in [5.41, 5.74) is -0.0399. The van der Waals surface area contributed by atoms with E-state index in [0.717, 1.165) is 48.0 Å². The third-order valence-corrected chi connectivity index (χ3v) is 6.00. The third-order valence-electron chi connectivity index (χ3n) is 6.00. The van der Waals surface area contributed by atoms with Gasteiger partial charge in [-0.05, 0) is 24.3 Å². The standard InChI is InChI=1S/C21H26N2O4/c1-26-16-6-4-5-15-14-27-17(20(15)16)13-22-9-10-23-18(24)11-21(12-19(23)25)7-2-3-8-21/h4-6,14,22H,2-3,7-13H2,1H3. The molecule has 2 fully saturated rings. The van der Waals surface area contributed by atoms with Gasteiger partial charge in [0, 0.05) is 31.3 Å². The van der Waals surface area contributed by atoms with Gasteiger partial charge in [0.15, 0.2) is 0 Å². The van der Waals surface area contributed by atoms with E-state index in [1.165, 1.54) is 4.90 Å². The number of furan rings is 1. The van der Waals surface area contributed by atoms with Gasteiger partial charge in [0.1, 0.15) is 11.5 Å². The number of piperidine rings is 1. The van der Waals surface area contributed by atoms with E-state index in [4.69, 9.17) is 9.15 Å². The number of hydrogen-bond acceptors (Lipinski definition) is 5. The summed E-state index contributed by atoms with van der Waals surface area (Å²) >= 11 is 0. The van der Waals surface area contributed by atoms with Crippen molar-refractivity contribution in [2.24, 2.45) is 5.41 Å². The summed E-state index contributed by atoms with van der Waals surface area (Å²) in [6.07, 6.45) is 7.09. The number of amides is 2. The molecule has 2 amide bonds. The van der Waals surface area contributed by atoms with Crippen molar-refractivity contribution in [1.29, 1.82) is 0 Å². The quantitative estimate of drug-likeness (QED) is 0.624. The Labute approximate surface area is 158 Å². The molecular weight excluding hydrogens is 344 g/mol. The second-order valence-corrected chi connectivity index (χ2v) is 7.76. The van der Waals surface area contributed by atoms with E-state index in [1.807, 2.05) is 18.2 Å². The highest BCUT2D eigenvalue weighted by atomic mass is 16.5. The molecule has 0 unspecified atom stereocenters. The highest BCUT2D eigenvalue weighted by molar-refractivity contribution is 5.98. The highest BCUT2D eigenvalue weighted by Crippen LogP contribution is 2.46. The number of hydrogen-bond donors (Lipinski definition) is 1. The van der Waals surface area contributed by atoms with Gasteiger partial charge in [-0.2, -0.15) is 0 Å². The van der Waals surface area contributed by atoms with Gasteiger partial charge in [0.2, 0.25) is 11.8 Å². The summed E-state index contributed by atoms with van der Waals surface area (Å²) in [7, 11) is 1.64. The Bertz CT molecular complexity index is 831. The molecule has 1 saturated heterocycles. The van der Waals surface area contributed by atoms with Gasteiger partial charge in [-0.15, -0.1) is 0 Å². The van der Waals surface area contributed by atoms with E-state index in [0.29, 0.717) is 32.5 Å². The van der Waals surface area contributed by atoms with Crippen molar-refractivity contribution in [1.82, 2.24) is 10.2 Å². The van der Waals surface area contributed by atoms with Gasteiger partial charge in [0.05, 0.1) is 25.3 Å². The summed E-state index contributed by atoms with van der Waals surface area (Å²) in [6, 6.07) is 5.82. The van der Waals surface area contributed by atoms with Crippen LogP contribution in [0.3, 0.4) is 0 Å². The molecule has 144 valence electrons. The number of nitrogens with zero attached hydrogens (tertiary/aromatic N) is 1. The van der Waals surface area contributed by atoms with Gasteiger partial charge in [-0.1, -0.05) is 25.0 Å². The summed E-state index contributed by atoms with van der Waals surface area (Å²) in [5, 5.41) is 5.24. The molecule has 0 bridgehead atoms. The molecule has 1 aliphatic carbocycles. The number of imide groups is 1. The molecule has 4 rings (SSSR count). The lowest BCUT2D eigenvalue weighted by Crippen LogP contribution is -2.49. The first-order chi connectivity index (χ1) is 13.1. The maximum Gasteiger partial charge on any atom is 0.229 e. The predicted molar refractivity (Wildman–Crippen MR) is 101 cm³/mol. The number of methoxy groups -OCH3 is 1. The van der Waals surface area contributed by atoms with E-state index >= 15 is 0 Å². The zero-order valence-electron chi connectivity index (χ0n) is 15.8. The monoisotopic (exact) mass is 370 g/mol. The van der Waals surface area contributed by atoms with Crippen LogP contribution in [0.2, 0.25) is 0 Å². The number of ether oxygens (including phenoxy) is 1. The molecule has 2 heterocycles. The number of carbonyl (C=O) groups is 2. The van der Waals surface area contributed by atoms with Crippen LogP contribution >= 0.6 is 0 Å². The van der Waals surface area contributed by atoms with Crippen LogP contribution in [0.1, 0.15) is 44.3 Å². The van der Waals surface area contributed by atoms with Gasteiger partial charge in [-0.3, -0.25) is 14.5 Å². The van der Waals surface area contributed by atoms with Crippen molar-refractivity contribution in [3.63, 3.8) is 0 Å². The average Bonchev–Trinajstić information content (AvgIpc) is 3.27. The molecule has 1 aliphatic heterocycles. The van der Waals surface area contributed by atoms with Crippen LogP contribution in [0.25, 0.3) is 10.8 Å². The molecule has 1 saturated carbocycles. The van der Waals surface area contributed by atoms with Crippen LogP contribution in [-0.4, -0.2) is 36.9 Å². The first kappa shape index (κ1) is 18.0. The van der Waals surface area contributed by atoms with Crippen LogP contribution in [0.5, 0.6) is 5.75 Å². The van der Waals surface area contributed by atoms with Crippen LogP contribution in [0.4, 0.5) is 0 Å². The van der Waals surface area contributed by atoms with E-state index in [1.54, 1.807) is 13.4 Å². The predicted octanol–water partition coefficient (Wildman–Crippen LogP) is 3.24. The van der Waals surface area contributed by atoms with Crippen molar-refractivity contribution in [3.8, 4) is 5.75 Å². The second-order valence-electron chi connectivity index (χ2n) is 7.76. The highest BCUT2D eigenvalue weighted by Gasteiger charge is 2.44. The minimum absolute atomic E-state index is 0.0138. The van der Waals surface area contributed by atoms with Crippen LogP contribution < -0.4 is 10.1 Å². The molecular formula is C21H26N2O4. The molecule has 1 spiro atoms. The number of carbonyl (C=O) groups excluding carboxylic acids is 2. The fourth-order valence-corrected chi connectivity index (χ4v) is 4.59. The zero-order valence-corrected chi connectivity index (χ0v) is 15.8. The molecule has 27 heavy (non-hydrogen) atoms. The Kier molecular flexibility index (Phi) is 4.91. The Balaban J connectivity index is 1.33. The smallest absolute Gasteiger partial charge is 0.229 e. The van der Waals surface area contributed by atoms with E-state index in [9.17, 15) is 9.59 Å². The lowest BCUT2D eigenvalue weighted by atomic mass is 9.76. The van der Waals surface area contributed by atoms with E-state index in [-0.39, 0.29) is 17.2 Å². The van der Waals surface area contributed by atoms with Crippen LogP contribution in [0.15, 0.2) is 28.9 Å². The van der Waals surface area contributed by atoms with Gasteiger partial charge in [0.25, 0.3) is 0 Å². The Morgan fingerprint density at radius 1 is 1.19 bits per heavy atom. The third kappa shape index (κ3) is 3.46. The van der Waals surface area contributed by atoms with Crippen LogP contribution in [-0.2, 0) is 16.1 Å². The normalized spacial score (nSPS) is 19.4. The molecule has 6 nitrogen and oxygen atoms in total. The Morgan fingerprint density at radius 2 is 1.93 bits per heavy atom. The summed E-state index contributed by atoms with van der Waals surface area (Å²) in [4.78, 5) is 26.4. The van der Waals surface area contributed by atoms with Crippen LogP contribution in [0, 0.1) is 5.41 Å². The van der Waals surface area contributed by atoms with Gasteiger partial charge >= 0.3 is 0 Å². The number of rotatable bonds is 6. The maximum atomic E-state index is 12.5. The Morgan fingerprint density at radius 3 is 2.63 bits per heavy atom. The molecule has 2 aliphatic rings. The number of likely N-dealkylation sites (tertiary alicyclic amines) is 1. The fourth-order valence-electron chi connectivity index (χ4n) is 4.59. The molecule has 1 aromatic heterocycles. The molecule has 1 aromatic carbocycles. The van der Waals surface area contributed by atoms with Crippen molar-refractivity contribution in [2.45, 2.75) is 45.1 Å². The molecule has 1 N–H and O–H groups in total. The zero-order chi connectivity index (χ0) is 18.9. The number of benzene rings is 1. The second kappa shape index (κ2) is 7.35. The lowest BCUT2D eigenvalue weighted by molar-refractivity contribution is -0.153.